The van der Waals surface area contributed by atoms with Crippen molar-refractivity contribution in [3.8, 4) is 11.1 Å². The summed E-state index contributed by atoms with van der Waals surface area (Å²) in [6.45, 7) is 5.75. The van der Waals surface area contributed by atoms with Gasteiger partial charge in [0.05, 0.1) is 19.4 Å². The number of nitrogens with zero attached hydrogens (tertiary/aromatic N) is 4. The van der Waals surface area contributed by atoms with Gasteiger partial charge < -0.3 is 10.5 Å². The molecule has 7 heteroatoms. The van der Waals surface area contributed by atoms with E-state index in [0.29, 0.717) is 17.3 Å². The maximum atomic E-state index is 11.4. The number of morpholine rings is 1. The Hall–Kier alpha value is -2.77. The Labute approximate surface area is 151 Å². The number of hydrogen-bond donors (Lipinski definition) is 1. The highest BCUT2D eigenvalue weighted by molar-refractivity contribution is 5.98. The SMILES string of the molecule is CC(c1ccc(-c2cnc3c(C(N)=O)cnn3c2)cc1)N1CCOCC1. The Balaban J connectivity index is 1.58. The number of fused-ring (bicyclic) bond motifs is 1. The lowest BCUT2D eigenvalue weighted by Gasteiger charge is -2.32. The van der Waals surface area contributed by atoms with E-state index >= 15 is 0 Å². The Kier molecular flexibility index (Phi) is 4.40. The number of benzene rings is 1. The second-order valence-corrected chi connectivity index (χ2v) is 6.48. The molecular formula is C19H21N5O2. The fourth-order valence-corrected chi connectivity index (χ4v) is 3.33. The third kappa shape index (κ3) is 3.07. The molecule has 0 spiro atoms. The summed E-state index contributed by atoms with van der Waals surface area (Å²) >= 11 is 0. The lowest BCUT2D eigenvalue weighted by atomic mass is 10.0. The van der Waals surface area contributed by atoms with E-state index < -0.39 is 5.91 Å². The van der Waals surface area contributed by atoms with Gasteiger partial charge >= 0.3 is 0 Å². The fourth-order valence-electron chi connectivity index (χ4n) is 3.33. The first-order chi connectivity index (χ1) is 12.6. The minimum atomic E-state index is -0.526. The van der Waals surface area contributed by atoms with E-state index in [4.69, 9.17) is 10.5 Å². The molecule has 4 rings (SSSR count). The molecule has 1 unspecified atom stereocenters. The van der Waals surface area contributed by atoms with Crippen LogP contribution in [0.25, 0.3) is 16.8 Å². The first kappa shape index (κ1) is 16.7. The lowest BCUT2D eigenvalue weighted by molar-refractivity contribution is 0.0198. The molecule has 0 radical (unpaired) electrons. The standard InChI is InChI=1S/C19H21N5O2/c1-13(23-6-8-26-9-7-23)14-2-4-15(5-3-14)16-10-21-19-17(18(20)25)11-22-24(19)12-16/h2-5,10-13H,6-9H2,1H3,(H2,20,25). The number of carbonyl (C=O) groups is 1. The molecule has 0 saturated carbocycles. The van der Waals surface area contributed by atoms with Gasteiger partial charge in [0.2, 0.25) is 0 Å². The van der Waals surface area contributed by atoms with E-state index in [-0.39, 0.29) is 0 Å². The number of nitrogens with two attached hydrogens (primary N) is 1. The van der Waals surface area contributed by atoms with Gasteiger partial charge in [0.15, 0.2) is 5.65 Å². The second-order valence-electron chi connectivity index (χ2n) is 6.48. The molecule has 1 aliphatic rings. The van der Waals surface area contributed by atoms with E-state index in [2.05, 4.69) is 46.2 Å². The summed E-state index contributed by atoms with van der Waals surface area (Å²) in [4.78, 5) is 18.2. The summed E-state index contributed by atoms with van der Waals surface area (Å²) in [7, 11) is 0. The number of primary amides is 1. The van der Waals surface area contributed by atoms with Crippen molar-refractivity contribution in [1.29, 1.82) is 0 Å². The summed E-state index contributed by atoms with van der Waals surface area (Å²) in [5.74, 6) is -0.526. The predicted octanol–water partition coefficient (Wildman–Crippen LogP) is 1.89. The van der Waals surface area contributed by atoms with Crippen molar-refractivity contribution >= 4 is 11.6 Å². The summed E-state index contributed by atoms with van der Waals surface area (Å²) < 4.78 is 7.01. The highest BCUT2D eigenvalue weighted by Crippen LogP contribution is 2.25. The van der Waals surface area contributed by atoms with Crippen LogP contribution in [0.2, 0.25) is 0 Å². The van der Waals surface area contributed by atoms with Crippen LogP contribution in [0.15, 0.2) is 42.9 Å². The van der Waals surface area contributed by atoms with Gasteiger partial charge in [-0.05, 0) is 18.1 Å². The molecule has 1 aromatic carbocycles. The monoisotopic (exact) mass is 351 g/mol. The Morgan fingerprint density at radius 2 is 1.88 bits per heavy atom. The van der Waals surface area contributed by atoms with Crippen molar-refractivity contribution < 1.29 is 9.53 Å². The van der Waals surface area contributed by atoms with Crippen molar-refractivity contribution in [3.63, 3.8) is 0 Å². The quantitative estimate of drug-likeness (QED) is 0.776. The topological polar surface area (TPSA) is 85.8 Å². The van der Waals surface area contributed by atoms with Gasteiger partial charge in [-0.2, -0.15) is 5.10 Å². The van der Waals surface area contributed by atoms with Gasteiger partial charge in [0.1, 0.15) is 5.56 Å². The van der Waals surface area contributed by atoms with Crippen molar-refractivity contribution in [3.05, 3.63) is 54.0 Å². The second kappa shape index (κ2) is 6.86. The molecule has 1 aliphatic heterocycles. The highest BCUT2D eigenvalue weighted by atomic mass is 16.5. The van der Waals surface area contributed by atoms with E-state index in [1.54, 1.807) is 10.7 Å². The number of rotatable bonds is 4. The molecule has 1 amide bonds. The van der Waals surface area contributed by atoms with Gasteiger partial charge in [0.25, 0.3) is 5.91 Å². The minimum absolute atomic E-state index is 0.325. The van der Waals surface area contributed by atoms with Gasteiger partial charge in [-0.15, -0.1) is 0 Å². The molecule has 2 N–H and O–H groups in total. The van der Waals surface area contributed by atoms with Gasteiger partial charge in [-0.3, -0.25) is 9.69 Å². The lowest BCUT2D eigenvalue weighted by Crippen LogP contribution is -2.37. The Bertz CT molecular complexity index is 929. The van der Waals surface area contributed by atoms with Crippen LogP contribution in [0, 0.1) is 0 Å². The Morgan fingerprint density at radius 1 is 1.15 bits per heavy atom. The van der Waals surface area contributed by atoms with Gasteiger partial charge in [0, 0.05) is 37.1 Å². The molecule has 7 nitrogen and oxygen atoms in total. The van der Waals surface area contributed by atoms with Crippen molar-refractivity contribution in [1.82, 2.24) is 19.5 Å². The van der Waals surface area contributed by atoms with Gasteiger partial charge in [-0.25, -0.2) is 9.50 Å². The van der Waals surface area contributed by atoms with Crippen molar-refractivity contribution in [2.45, 2.75) is 13.0 Å². The zero-order valence-electron chi connectivity index (χ0n) is 14.6. The summed E-state index contributed by atoms with van der Waals surface area (Å²) in [6.07, 6.45) is 5.04. The van der Waals surface area contributed by atoms with E-state index in [1.165, 1.54) is 11.8 Å². The van der Waals surface area contributed by atoms with E-state index in [0.717, 1.165) is 37.4 Å². The maximum absolute atomic E-state index is 11.4. The molecule has 2 aromatic heterocycles. The summed E-state index contributed by atoms with van der Waals surface area (Å²) in [6, 6.07) is 8.84. The summed E-state index contributed by atoms with van der Waals surface area (Å²) in [5.41, 5.74) is 9.39. The molecule has 3 heterocycles. The first-order valence-electron chi connectivity index (χ1n) is 8.69. The van der Waals surface area contributed by atoms with E-state index in [1.807, 2.05) is 6.20 Å². The third-order valence-electron chi connectivity index (χ3n) is 4.94. The predicted molar refractivity (Wildman–Crippen MR) is 97.7 cm³/mol. The molecule has 0 aliphatic carbocycles. The van der Waals surface area contributed by atoms with E-state index in [9.17, 15) is 4.79 Å². The first-order valence-corrected chi connectivity index (χ1v) is 8.69. The molecule has 134 valence electrons. The van der Waals surface area contributed by atoms with Crippen LogP contribution in [0.1, 0.15) is 28.9 Å². The highest BCUT2D eigenvalue weighted by Gasteiger charge is 2.18. The molecule has 0 bridgehead atoms. The van der Waals surface area contributed by atoms with Crippen LogP contribution in [0.4, 0.5) is 0 Å². The average Bonchev–Trinajstić information content (AvgIpc) is 3.12. The molecule has 1 saturated heterocycles. The molecule has 26 heavy (non-hydrogen) atoms. The smallest absolute Gasteiger partial charge is 0.254 e. The van der Waals surface area contributed by atoms with Crippen LogP contribution < -0.4 is 5.73 Å². The normalized spacial score (nSPS) is 16.7. The molecular weight excluding hydrogens is 330 g/mol. The number of carbonyl (C=O) groups excluding carboxylic acids is 1. The summed E-state index contributed by atoms with van der Waals surface area (Å²) in [5, 5.41) is 4.17. The largest absolute Gasteiger partial charge is 0.379 e. The molecule has 3 aromatic rings. The van der Waals surface area contributed by atoms with Gasteiger partial charge in [-0.1, -0.05) is 24.3 Å². The number of hydrogen-bond acceptors (Lipinski definition) is 5. The van der Waals surface area contributed by atoms with Crippen molar-refractivity contribution in [2.75, 3.05) is 26.3 Å². The third-order valence-corrected chi connectivity index (χ3v) is 4.94. The van der Waals surface area contributed by atoms with Crippen LogP contribution in [0.5, 0.6) is 0 Å². The molecule has 1 fully saturated rings. The van der Waals surface area contributed by atoms with Crippen LogP contribution in [-0.4, -0.2) is 51.7 Å². The van der Waals surface area contributed by atoms with Crippen LogP contribution in [-0.2, 0) is 4.74 Å². The fraction of sp³-hybridized carbons (Fsp3) is 0.316. The molecule has 1 atom stereocenters. The zero-order chi connectivity index (χ0) is 18.1. The number of ether oxygens (including phenoxy) is 1. The minimum Gasteiger partial charge on any atom is -0.379 e. The van der Waals surface area contributed by atoms with Crippen LogP contribution >= 0.6 is 0 Å². The number of amides is 1. The Morgan fingerprint density at radius 3 is 2.58 bits per heavy atom. The van der Waals surface area contributed by atoms with Crippen molar-refractivity contribution in [2.24, 2.45) is 5.73 Å². The van der Waals surface area contributed by atoms with Crippen LogP contribution in [0.3, 0.4) is 0 Å². The number of aromatic nitrogens is 3. The average molecular weight is 351 g/mol. The maximum Gasteiger partial charge on any atom is 0.254 e. The zero-order valence-corrected chi connectivity index (χ0v) is 14.6.